The van der Waals surface area contributed by atoms with Gasteiger partial charge in [0.25, 0.3) is 5.56 Å². The van der Waals surface area contributed by atoms with Gasteiger partial charge in [-0.15, -0.1) is 0 Å². The maximum absolute atomic E-state index is 11.4. The molecule has 0 aliphatic rings. The first-order chi connectivity index (χ1) is 6.61. The van der Waals surface area contributed by atoms with Crippen LogP contribution < -0.4 is 5.56 Å². The summed E-state index contributed by atoms with van der Waals surface area (Å²) in [7, 11) is 0. The smallest absolute Gasteiger partial charge is 0.275 e. The lowest BCUT2D eigenvalue weighted by Gasteiger charge is -1.94. The van der Waals surface area contributed by atoms with E-state index in [9.17, 15) is 9.59 Å². The zero-order chi connectivity index (χ0) is 10.3. The molecule has 1 N–H and O–H groups in total. The first-order valence-electron chi connectivity index (χ1n) is 4.18. The van der Waals surface area contributed by atoms with Gasteiger partial charge in [-0.2, -0.15) is 5.10 Å². The molecular formula is C9H9N3O2. The van der Waals surface area contributed by atoms with Crippen molar-refractivity contribution < 1.29 is 4.79 Å². The van der Waals surface area contributed by atoms with Gasteiger partial charge in [-0.05, 0) is 19.9 Å². The Balaban J connectivity index is 3.00. The van der Waals surface area contributed by atoms with E-state index in [1.807, 2.05) is 0 Å². The highest BCUT2D eigenvalue weighted by Crippen LogP contribution is 2.11. The molecule has 0 saturated carbocycles. The van der Waals surface area contributed by atoms with Crippen molar-refractivity contribution >= 4 is 11.3 Å². The molecule has 0 aliphatic carbocycles. The zero-order valence-electron chi connectivity index (χ0n) is 7.87. The van der Waals surface area contributed by atoms with Crippen molar-refractivity contribution in [2.45, 2.75) is 13.8 Å². The second-order valence-corrected chi connectivity index (χ2v) is 3.13. The van der Waals surface area contributed by atoms with Crippen molar-refractivity contribution in [1.29, 1.82) is 0 Å². The molecular weight excluding hydrogens is 182 g/mol. The Morgan fingerprint density at radius 3 is 2.93 bits per heavy atom. The van der Waals surface area contributed by atoms with Crippen molar-refractivity contribution in [2.24, 2.45) is 0 Å². The molecule has 2 heterocycles. The third kappa shape index (κ3) is 1.06. The molecule has 0 aromatic carbocycles. The van der Waals surface area contributed by atoms with E-state index in [0.717, 1.165) is 5.69 Å². The van der Waals surface area contributed by atoms with Crippen LogP contribution in [0.4, 0.5) is 0 Å². The SMILES string of the molecule is CC(=O)c1cc(C)n2nc[nH]c(=O)c12. The second kappa shape index (κ2) is 2.80. The van der Waals surface area contributed by atoms with Crippen LogP contribution in [0.3, 0.4) is 0 Å². The van der Waals surface area contributed by atoms with Gasteiger partial charge in [-0.3, -0.25) is 9.59 Å². The lowest BCUT2D eigenvalue weighted by atomic mass is 10.2. The number of fused-ring (bicyclic) bond motifs is 1. The number of nitrogens with one attached hydrogen (secondary N) is 1. The molecule has 0 unspecified atom stereocenters. The number of aromatic nitrogens is 3. The van der Waals surface area contributed by atoms with Crippen LogP contribution in [0, 0.1) is 6.92 Å². The number of carbonyl (C=O) groups is 1. The van der Waals surface area contributed by atoms with Crippen molar-refractivity contribution in [2.75, 3.05) is 0 Å². The van der Waals surface area contributed by atoms with E-state index in [4.69, 9.17) is 0 Å². The average molecular weight is 191 g/mol. The van der Waals surface area contributed by atoms with Gasteiger partial charge < -0.3 is 4.98 Å². The van der Waals surface area contributed by atoms with Gasteiger partial charge in [0.2, 0.25) is 0 Å². The van der Waals surface area contributed by atoms with Crippen LogP contribution in [-0.2, 0) is 0 Å². The Bertz CT molecular complexity index is 565. The monoisotopic (exact) mass is 191 g/mol. The summed E-state index contributed by atoms with van der Waals surface area (Å²) in [5.74, 6) is -0.130. The largest absolute Gasteiger partial charge is 0.310 e. The van der Waals surface area contributed by atoms with Crippen LogP contribution in [0.25, 0.3) is 5.52 Å². The first kappa shape index (κ1) is 8.68. The van der Waals surface area contributed by atoms with Crippen LogP contribution >= 0.6 is 0 Å². The van der Waals surface area contributed by atoms with E-state index >= 15 is 0 Å². The Labute approximate surface area is 79.4 Å². The molecule has 0 aliphatic heterocycles. The van der Waals surface area contributed by atoms with E-state index in [0.29, 0.717) is 11.1 Å². The molecule has 0 amide bonds. The zero-order valence-corrected chi connectivity index (χ0v) is 7.87. The number of Topliss-reactive ketones (excluding diaryl/α,β-unsaturated/α-hetero) is 1. The Hall–Kier alpha value is -1.91. The standard InChI is InChI=1S/C9H9N3O2/c1-5-3-7(6(2)13)8-9(14)10-4-11-12(5)8/h3-4H,1-2H3,(H,10,11,14). The summed E-state index contributed by atoms with van der Waals surface area (Å²) in [6.07, 6.45) is 1.31. The molecule has 2 rings (SSSR count). The molecule has 72 valence electrons. The van der Waals surface area contributed by atoms with Crippen LogP contribution in [0.2, 0.25) is 0 Å². The van der Waals surface area contributed by atoms with Crippen molar-refractivity contribution in [1.82, 2.24) is 14.6 Å². The van der Waals surface area contributed by atoms with E-state index < -0.39 is 0 Å². The van der Waals surface area contributed by atoms with Gasteiger partial charge in [0, 0.05) is 5.69 Å². The summed E-state index contributed by atoms with van der Waals surface area (Å²) in [6, 6.07) is 1.67. The van der Waals surface area contributed by atoms with Crippen molar-refractivity contribution in [3.05, 3.63) is 34.0 Å². The molecule has 5 nitrogen and oxygen atoms in total. The Morgan fingerprint density at radius 2 is 2.29 bits per heavy atom. The maximum Gasteiger partial charge on any atom is 0.275 e. The number of ketones is 1. The maximum atomic E-state index is 11.4. The molecule has 0 atom stereocenters. The van der Waals surface area contributed by atoms with Gasteiger partial charge in [-0.1, -0.05) is 0 Å². The van der Waals surface area contributed by atoms with E-state index in [2.05, 4.69) is 10.1 Å². The molecule has 0 bridgehead atoms. The number of hydrogen-bond acceptors (Lipinski definition) is 3. The highest BCUT2D eigenvalue weighted by atomic mass is 16.1. The van der Waals surface area contributed by atoms with Gasteiger partial charge in [0.1, 0.15) is 11.8 Å². The molecule has 0 spiro atoms. The van der Waals surface area contributed by atoms with Crippen LogP contribution in [0.5, 0.6) is 0 Å². The Morgan fingerprint density at radius 1 is 1.57 bits per heavy atom. The van der Waals surface area contributed by atoms with Crippen LogP contribution in [-0.4, -0.2) is 20.4 Å². The third-order valence-corrected chi connectivity index (χ3v) is 2.12. The lowest BCUT2D eigenvalue weighted by molar-refractivity contribution is 0.101. The normalized spacial score (nSPS) is 10.7. The molecule has 2 aromatic heterocycles. The molecule has 5 heteroatoms. The number of aromatic amines is 1. The second-order valence-electron chi connectivity index (χ2n) is 3.13. The number of aryl methyl sites for hydroxylation is 1. The molecule has 0 saturated heterocycles. The van der Waals surface area contributed by atoms with Gasteiger partial charge in [0.15, 0.2) is 5.78 Å². The van der Waals surface area contributed by atoms with E-state index in [1.165, 1.54) is 17.8 Å². The predicted molar refractivity (Wildman–Crippen MR) is 50.6 cm³/mol. The minimum absolute atomic E-state index is 0.130. The highest BCUT2D eigenvalue weighted by Gasteiger charge is 2.13. The minimum atomic E-state index is -0.293. The number of hydrogen-bond donors (Lipinski definition) is 1. The number of carbonyl (C=O) groups excluding carboxylic acids is 1. The molecule has 0 radical (unpaired) electrons. The number of rotatable bonds is 1. The molecule has 0 fully saturated rings. The Kier molecular flexibility index (Phi) is 1.73. The fourth-order valence-corrected chi connectivity index (χ4v) is 1.48. The number of nitrogens with zero attached hydrogens (tertiary/aromatic N) is 2. The van der Waals surface area contributed by atoms with Gasteiger partial charge >= 0.3 is 0 Å². The number of H-pyrrole nitrogens is 1. The average Bonchev–Trinajstić information content (AvgIpc) is 2.46. The van der Waals surface area contributed by atoms with Crippen molar-refractivity contribution in [3.63, 3.8) is 0 Å². The van der Waals surface area contributed by atoms with Gasteiger partial charge in [0.05, 0.1) is 5.56 Å². The minimum Gasteiger partial charge on any atom is -0.310 e. The lowest BCUT2D eigenvalue weighted by Crippen LogP contribution is -2.13. The first-order valence-corrected chi connectivity index (χ1v) is 4.18. The molecule has 2 aromatic rings. The summed E-state index contributed by atoms with van der Waals surface area (Å²) in [6.45, 7) is 3.23. The quantitative estimate of drug-likeness (QED) is 0.669. The topological polar surface area (TPSA) is 67.2 Å². The van der Waals surface area contributed by atoms with Crippen LogP contribution in [0.1, 0.15) is 23.0 Å². The fourth-order valence-electron chi connectivity index (χ4n) is 1.48. The summed E-state index contributed by atoms with van der Waals surface area (Å²) < 4.78 is 1.47. The van der Waals surface area contributed by atoms with Crippen molar-refractivity contribution in [3.8, 4) is 0 Å². The van der Waals surface area contributed by atoms with Crippen LogP contribution in [0.15, 0.2) is 17.2 Å². The van der Waals surface area contributed by atoms with E-state index in [-0.39, 0.29) is 11.3 Å². The highest BCUT2D eigenvalue weighted by molar-refractivity contribution is 6.01. The third-order valence-electron chi connectivity index (χ3n) is 2.12. The summed E-state index contributed by atoms with van der Waals surface area (Å²) >= 11 is 0. The summed E-state index contributed by atoms with van der Waals surface area (Å²) in [5.41, 5.74) is 1.21. The fraction of sp³-hybridized carbons (Fsp3) is 0.222. The summed E-state index contributed by atoms with van der Waals surface area (Å²) in [4.78, 5) is 25.1. The predicted octanol–water partition coefficient (Wildman–Crippen LogP) is 0.534. The van der Waals surface area contributed by atoms with Gasteiger partial charge in [-0.25, -0.2) is 4.52 Å². The summed E-state index contributed by atoms with van der Waals surface area (Å²) in [5, 5.41) is 3.95. The molecule has 14 heavy (non-hydrogen) atoms. The van der Waals surface area contributed by atoms with E-state index in [1.54, 1.807) is 13.0 Å².